The molecule has 0 heteroatoms. The van der Waals surface area contributed by atoms with E-state index in [0.717, 1.165) is 12.8 Å². The Morgan fingerprint density at radius 3 is 1.03 bits per heavy atom. The summed E-state index contributed by atoms with van der Waals surface area (Å²) in [6.07, 6.45) is 6.79. The minimum Gasteiger partial charge on any atom is -0.0836 e. The second kappa shape index (κ2) is 15.7. The fourth-order valence-electron chi connectivity index (χ4n) is 11.1. The molecule has 308 valence electrons. The Bertz CT molecular complexity index is 3740. The molecule has 0 aliphatic heterocycles. The van der Waals surface area contributed by atoms with Crippen LogP contribution in [-0.2, 0) is 6.42 Å². The number of hydrogen-bond acceptors (Lipinski definition) is 0. The summed E-state index contributed by atoms with van der Waals surface area (Å²) in [5.74, 6) is 0. The Kier molecular flexibility index (Phi) is 9.10. The van der Waals surface area contributed by atoms with Gasteiger partial charge in [0.25, 0.3) is 0 Å². The molecular formula is C66H44. The van der Waals surface area contributed by atoms with Gasteiger partial charge in [-0.2, -0.15) is 0 Å². The molecule has 0 spiro atoms. The summed E-state index contributed by atoms with van der Waals surface area (Å²) in [6, 6.07) is 85.9. The molecular weight excluding hydrogens is 793 g/mol. The van der Waals surface area contributed by atoms with Crippen molar-refractivity contribution in [3.8, 4) is 66.8 Å². The zero-order chi connectivity index (χ0) is 43.6. The van der Waals surface area contributed by atoms with E-state index in [2.05, 4.69) is 243 Å². The molecule has 0 amide bonds. The SMILES string of the molecule is C1=Cc2c(-c3cc(-c4ccc(-c5cccc6ccccc56)c5ccccc45)cc(-c4ccc(-c5cccc6ccccc56)c5ccccc45)c3)ccc(-c3cccc4ccccc34)c2CC1. The Labute approximate surface area is 385 Å². The molecule has 66 heavy (non-hydrogen) atoms. The van der Waals surface area contributed by atoms with E-state index >= 15 is 0 Å². The van der Waals surface area contributed by atoms with Gasteiger partial charge in [0.1, 0.15) is 0 Å². The highest BCUT2D eigenvalue weighted by molar-refractivity contribution is 6.12. The lowest BCUT2D eigenvalue weighted by atomic mass is 9.82. The summed E-state index contributed by atoms with van der Waals surface area (Å²) < 4.78 is 0. The lowest BCUT2D eigenvalue weighted by Crippen LogP contribution is -2.01. The highest BCUT2D eigenvalue weighted by Crippen LogP contribution is 2.46. The number of benzene rings is 12. The number of allylic oxidation sites excluding steroid dienone is 1. The summed E-state index contributed by atoms with van der Waals surface area (Å²) >= 11 is 0. The summed E-state index contributed by atoms with van der Waals surface area (Å²) in [7, 11) is 0. The summed E-state index contributed by atoms with van der Waals surface area (Å²) in [5, 5.41) is 12.6. The molecule has 0 heterocycles. The van der Waals surface area contributed by atoms with Gasteiger partial charge in [-0.15, -0.1) is 0 Å². The quantitative estimate of drug-likeness (QED) is 0.157. The van der Waals surface area contributed by atoms with Gasteiger partial charge in [-0.25, -0.2) is 0 Å². The monoisotopic (exact) mass is 836 g/mol. The molecule has 12 aromatic carbocycles. The predicted molar refractivity (Wildman–Crippen MR) is 284 cm³/mol. The maximum atomic E-state index is 2.45. The van der Waals surface area contributed by atoms with E-state index in [-0.39, 0.29) is 0 Å². The van der Waals surface area contributed by atoms with Gasteiger partial charge in [0.05, 0.1) is 0 Å². The third-order valence-corrected chi connectivity index (χ3v) is 14.2. The molecule has 1 aliphatic rings. The average Bonchev–Trinajstić information content (AvgIpc) is 3.39. The van der Waals surface area contributed by atoms with Crippen molar-refractivity contribution in [2.24, 2.45) is 0 Å². The number of rotatable bonds is 6. The van der Waals surface area contributed by atoms with Crippen LogP contribution in [0.4, 0.5) is 0 Å². The largest absolute Gasteiger partial charge is 0.0836 e. The van der Waals surface area contributed by atoms with Crippen LogP contribution in [0.15, 0.2) is 237 Å². The Morgan fingerprint density at radius 2 is 0.561 bits per heavy atom. The topological polar surface area (TPSA) is 0 Å². The molecule has 13 rings (SSSR count). The van der Waals surface area contributed by atoms with Crippen molar-refractivity contribution in [3.63, 3.8) is 0 Å². The zero-order valence-corrected chi connectivity index (χ0v) is 36.5. The molecule has 0 saturated heterocycles. The summed E-state index contributed by atoms with van der Waals surface area (Å²) in [5.41, 5.74) is 17.7. The zero-order valence-electron chi connectivity index (χ0n) is 36.5. The van der Waals surface area contributed by atoms with Gasteiger partial charge >= 0.3 is 0 Å². The van der Waals surface area contributed by atoms with Gasteiger partial charge in [-0.3, -0.25) is 0 Å². The average molecular weight is 837 g/mol. The minimum absolute atomic E-state index is 1.01. The van der Waals surface area contributed by atoms with E-state index in [1.807, 2.05) is 0 Å². The van der Waals surface area contributed by atoms with Gasteiger partial charge in [0, 0.05) is 0 Å². The highest BCUT2D eigenvalue weighted by Gasteiger charge is 2.21. The Balaban J connectivity index is 1.05. The maximum Gasteiger partial charge on any atom is -0.00987 e. The van der Waals surface area contributed by atoms with Crippen molar-refractivity contribution in [1.82, 2.24) is 0 Å². The van der Waals surface area contributed by atoms with E-state index in [4.69, 9.17) is 0 Å². The highest BCUT2D eigenvalue weighted by atomic mass is 14.2. The van der Waals surface area contributed by atoms with E-state index < -0.39 is 0 Å². The second-order valence-electron chi connectivity index (χ2n) is 17.8. The van der Waals surface area contributed by atoms with Gasteiger partial charge in [-0.1, -0.05) is 224 Å². The van der Waals surface area contributed by atoms with Crippen molar-refractivity contribution < 1.29 is 0 Å². The third-order valence-electron chi connectivity index (χ3n) is 14.2. The molecule has 1 aliphatic carbocycles. The molecule has 0 saturated carbocycles. The van der Waals surface area contributed by atoms with Crippen molar-refractivity contribution in [1.29, 1.82) is 0 Å². The second-order valence-corrected chi connectivity index (χ2v) is 17.8. The van der Waals surface area contributed by atoms with Crippen molar-refractivity contribution in [2.45, 2.75) is 12.8 Å². The van der Waals surface area contributed by atoms with Crippen LogP contribution >= 0.6 is 0 Å². The maximum absolute atomic E-state index is 2.45. The van der Waals surface area contributed by atoms with E-state index in [0.29, 0.717) is 0 Å². The number of fused-ring (bicyclic) bond motifs is 6. The first-order chi connectivity index (χ1) is 32.7. The molecule has 0 fully saturated rings. The van der Waals surface area contributed by atoms with Crippen LogP contribution in [0.2, 0.25) is 0 Å². The van der Waals surface area contributed by atoms with Crippen molar-refractivity contribution in [2.75, 3.05) is 0 Å². The van der Waals surface area contributed by atoms with Crippen LogP contribution in [0.3, 0.4) is 0 Å². The third kappa shape index (κ3) is 6.29. The Hall–Kier alpha value is -8.32. The molecule has 0 bridgehead atoms. The normalized spacial score (nSPS) is 12.4. The van der Waals surface area contributed by atoms with Gasteiger partial charge in [0.15, 0.2) is 0 Å². The fraction of sp³-hybridized carbons (Fsp3) is 0.0303. The van der Waals surface area contributed by atoms with Gasteiger partial charge < -0.3 is 0 Å². The first-order valence-electron chi connectivity index (χ1n) is 23.2. The minimum atomic E-state index is 1.01. The van der Waals surface area contributed by atoms with Gasteiger partial charge in [-0.05, 0) is 163 Å². The fourth-order valence-corrected chi connectivity index (χ4v) is 11.1. The molecule has 0 radical (unpaired) electrons. The van der Waals surface area contributed by atoms with Crippen LogP contribution in [-0.4, -0.2) is 0 Å². The molecule has 0 aromatic heterocycles. The van der Waals surface area contributed by atoms with Crippen LogP contribution in [0.25, 0.3) is 127 Å². The lowest BCUT2D eigenvalue weighted by Gasteiger charge is -2.22. The lowest BCUT2D eigenvalue weighted by molar-refractivity contribution is 0.989. The van der Waals surface area contributed by atoms with Crippen molar-refractivity contribution >= 4 is 59.9 Å². The molecule has 0 atom stereocenters. The molecule has 12 aromatic rings. The van der Waals surface area contributed by atoms with Gasteiger partial charge in [0.2, 0.25) is 0 Å². The smallest absolute Gasteiger partial charge is 0.00987 e. The first kappa shape index (κ1) is 38.2. The van der Waals surface area contributed by atoms with E-state index in [1.165, 1.54) is 132 Å². The number of hydrogen-bond donors (Lipinski definition) is 0. The van der Waals surface area contributed by atoms with Crippen molar-refractivity contribution in [3.05, 3.63) is 248 Å². The summed E-state index contributed by atoms with van der Waals surface area (Å²) in [6.45, 7) is 0. The van der Waals surface area contributed by atoms with Crippen LogP contribution < -0.4 is 0 Å². The standard InChI is InChI=1S/C66H44/c1-4-22-49-43(16-1)19-13-31-58(49)64-37-34-52(55-25-7-10-28-61(55)64)46-40-47(53-35-38-65(62-29-11-8-26-56(53)62)59-32-14-20-44-17-2-5-23-50(44)59)42-48(41-46)54-36-39-66(63-30-12-9-27-57(54)63)60-33-15-21-45-18-3-6-24-51(45)60/h1-11,13-29,31-42H,12,30H2. The molecule has 0 nitrogen and oxygen atoms in total. The first-order valence-corrected chi connectivity index (χ1v) is 23.2. The predicted octanol–water partition coefficient (Wildman–Crippen LogP) is 18.4. The van der Waals surface area contributed by atoms with Crippen LogP contribution in [0, 0.1) is 0 Å². The van der Waals surface area contributed by atoms with E-state index in [9.17, 15) is 0 Å². The van der Waals surface area contributed by atoms with Crippen LogP contribution in [0.1, 0.15) is 17.5 Å². The van der Waals surface area contributed by atoms with Crippen LogP contribution in [0.5, 0.6) is 0 Å². The molecule has 0 N–H and O–H groups in total. The van der Waals surface area contributed by atoms with E-state index in [1.54, 1.807) is 0 Å². The Morgan fingerprint density at radius 1 is 0.242 bits per heavy atom. The summed E-state index contributed by atoms with van der Waals surface area (Å²) in [4.78, 5) is 0. The molecule has 0 unspecified atom stereocenters.